The summed E-state index contributed by atoms with van der Waals surface area (Å²) in [5.74, 6) is 0. The van der Waals surface area contributed by atoms with Crippen molar-refractivity contribution >= 4 is 34.8 Å². The summed E-state index contributed by atoms with van der Waals surface area (Å²) >= 11 is 18.1. The Labute approximate surface area is 124 Å². The molecule has 1 heterocycles. The maximum atomic E-state index is 11.9. The topological polar surface area (TPSA) is 56.6 Å². The van der Waals surface area contributed by atoms with E-state index in [-0.39, 0.29) is 17.0 Å². The predicted octanol–water partition coefficient (Wildman–Crippen LogP) is 4.07. The van der Waals surface area contributed by atoms with Crippen molar-refractivity contribution in [3.8, 4) is 17.2 Å². The van der Waals surface area contributed by atoms with Gasteiger partial charge in [0.05, 0.1) is 33.1 Å². The molecule has 0 saturated carbocycles. The van der Waals surface area contributed by atoms with Crippen LogP contribution in [0.1, 0.15) is 5.56 Å². The largest absolute Gasteiger partial charge is 0.328 e. The molecule has 1 aromatic carbocycles. The van der Waals surface area contributed by atoms with Gasteiger partial charge in [0.2, 0.25) is 0 Å². The average Bonchev–Trinajstić information content (AvgIpc) is 2.38. The maximum Gasteiger partial charge on any atom is 0.255 e. The monoisotopic (exact) mass is 312 g/mol. The number of aromatic nitrogens is 1. The normalized spacial score (nSPS) is 10.2. The summed E-state index contributed by atoms with van der Waals surface area (Å²) in [6.07, 6.45) is 1.67. The minimum absolute atomic E-state index is 0.180. The molecule has 0 amide bonds. The van der Waals surface area contributed by atoms with E-state index in [1.54, 1.807) is 18.2 Å². The molecule has 0 aliphatic carbocycles. The second kappa shape index (κ2) is 5.66. The van der Waals surface area contributed by atoms with E-state index >= 15 is 0 Å². The van der Waals surface area contributed by atoms with Gasteiger partial charge in [-0.2, -0.15) is 5.26 Å². The van der Waals surface area contributed by atoms with E-state index in [1.165, 1.54) is 6.20 Å². The Balaban J connectivity index is 2.72. The molecule has 0 atom stereocenters. The Morgan fingerprint density at radius 3 is 2.58 bits per heavy atom. The second-order valence-corrected chi connectivity index (χ2v) is 5.00. The van der Waals surface area contributed by atoms with Crippen molar-refractivity contribution in [1.29, 1.82) is 5.26 Å². The molecule has 6 heteroatoms. The highest BCUT2D eigenvalue weighted by molar-refractivity contribution is 6.46. The smallest absolute Gasteiger partial charge is 0.255 e. The van der Waals surface area contributed by atoms with Gasteiger partial charge in [-0.1, -0.05) is 34.8 Å². The van der Waals surface area contributed by atoms with E-state index in [1.807, 2.05) is 6.07 Å². The number of rotatable bonds is 2. The Hall–Kier alpha value is -1.47. The number of aromatic amines is 1. The molecule has 0 unspecified atom stereocenters. The number of pyridine rings is 1. The van der Waals surface area contributed by atoms with Crippen LogP contribution in [0.25, 0.3) is 11.1 Å². The van der Waals surface area contributed by atoms with Gasteiger partial charge in [-0.3, -0.25) is 4.79 Å². The summed E-state index contributed by atoms with van der Waals surface area (Å²) in [6, 6.07) is 6.73. The van der Waals surface area contributed by atoms with Crippen molar-refractivity contribution in [3.63, 3.8) is 0 Å². The van der Waals surface area contributed by atoms with Crippen LogP contribution in [-0.2, 0) is 6.42 Å². The number of nitrogens with one attached hydrogen (secondary N) is 1. The summed E-state index contributed by atoms with van der Waals surface area (Å²) in [5.41, 5.74) is 0.999. The van der Waals surface area contributed by atoms with Gasteiger partial charge in [0.25, 0.3) is 5.56 Å². The van der Waals surface area contributed by atoms with Gasteiger partial charge >= 0.3 is 0 Å². The quantitative estimate of drug-likeness (QED) is 0.850. The molecule has 1 N–H and O–H groups in total. The number of halogens is 3. The molecule has 19 heavy (non-hydrogen) atoms. The molecule has 0 spiro atoms. The molecule has 96 valence electrons. The zero-order valence-electron chi connectivity index (χ0n) is 9.51. The Kier molecular flexibility index (Phi) is 4.16. The van der Waals surface area contributed by atoms with E-state index in [4.69, 9.17) is 40.1 Å². The Morgan fingerprint density at radius 1 is 1.21 bits per heavy atom. The van der Waals surface area contributed by atoms with Crippen molar-refractivity contribution in [1.82, 2.24) is 4.98 Å². The Bertz CT molecular complexity index is 732. The molecular weight excluding hydrogens is 307 g/mol. The molecule has 0 saturated heterocycles. The number of nitriles is 1. The molecule has 0 fully saturated rings. The van der Waals surface area contributed by atoms with Crippen LogP contribution in [0.4, 0.5) is 0 Å². The third-order valence-corrected chi connectivity index (χ3v) is 3.68. The van der Waals surface area contributed by atoms with E-state index in [2.05, 4.69) is 4.98 Å². The first-order valence-corrected chi connectivity index (χ1v) is 6.40. The molecule has 2 aromatic rings. The van der Waals surface area contributed by atoms with Crippen LogP contribution in [0.2, 0.25) is 15.1 Å². The number of hydrogen-bond donors (Lipinski definition) is 1. The third-order valence-electron chi connectivity index (χ3n) is 2.56. The molecule has 0 radical (unpaired) electrons. The minimum Gasteiger partial charge on any atom is -0.328 e. The van der Waals surface area contributed by atoms with Crippen molar-refractivity contribution < 1.29 is 0 Å². The summed E-state index contributed by atoms with van der Waals surface area (Å²) < 4.78 is 0. The lowest BCUT2D eigenvalue weighted by molar-refractivity contribution is 1.15. The summed E-state index contributed by atoms with van der Waals surface area (Å²) in [5, 5.41) is 9.54. The van der Waals surface area contributed by atoms with E-state index in [9.17, 15) is 4.79 Å². The van der Waals surface area contributed by atoms with Crippen molar-refractivity contribution in [2.45, 2.75) is 6.42 Å². The molecular formula is C13H7Cl3N2O. The van der Waals surface area contributed by atoms with Gasteiger partial charge in [-0.05, 0) is 23.8 Å². The first-order chi connectivity index (χ1) is 9.04. The van der Waals surface area contributed by atoms with E-state index < -0.39 is 0 Å². The van der Waals surface area contributed by atoms with Crippen LogP contribution in [0.5, 0.6) is 0 Å². The van der Waals surface area contributed by atoms with Gasteiger partial charge < -0.3 is 4.98 Å². The first-order valence-electron chi connectivity index (χ1n) is 5.27. The van der Waals surface area contributed by atoms with Crippen molar-refractivity contribution in [3.05, 3.63) is 55.4 Å². The first kappa shape index (κ1) is 14.0. The van der Waals surface area contributed by atoms with Gasteiger partial charge in [0, 0.05) is 11.8 Å². The third kappa shape index (κ3) is 2.76. The van der Waals surface area contributed by atoms with Crippen LogP contribution in [-0.4, -0.2) is 4.98 Å². The summed E-state index contributed by atoms with van der Waals surface area (Å²) in [6.45, 7) is 0. The van der Waals surface area contributed by atoms with Crippen LogP contribution >= 0.6 is 34.8 Å². The van der Waals surface area contributed by atoms with Crippen LogP contribution < -0.4 is 5.56 Å². The highest BCUT2D eigenvalue weighted by atomic mass is 35.5. The minimum atomic E-state index is -0.340. The van der Waals surface area contributed by atoms with Crippen molar-refractivity contribution in [2.75, 3.05) is 0 Å². The fraction of sp³-hybridized carbons (Fsp3) is 0.0769. The number of benzene rings is 1. The second-order valence-electron chi connectivity index (χ2n) is 3.80. The lowest BCUT2D eigenvalue weighted by atomic mass is 10.0. The molecule has 0 aliphatic rings. The lowest BCUT2D eigenvalue weighted by Crippen LogP contribution is -2.09. The number of H-pyrrole nitrogens is 1. The molecule has 0 aliphatic heterocycles. The van der Waals surface area contributed by atoms with Gasteiger partial charge in [-0.25, -0.2) is 0 Å². The number of nitrogens with zero attached hydrogens (tertiary/aromatic N) is 1. The summed E-state index contributed by atoms with van der Waals surface area (Å²) in [7, 11) is 0. The van der Waals surface area contributed by atoms with Crippen LogP contribution in [0.3, 0.4) is 0 Å². The maximum absolute atomic E-state index is 11.9. The van der Waals surface area contributed by atoms with Gasteiger partial charge in [0.15, 0.2) is 0 Å². The van der Waals surface area contributed by atoms with E-state index in [0.29, 0.717) is 26.7 Å². The molecule has 0 bridgehead atoms. The Morgan fingerprint density at radius 2 is 1.89 bits per heavy atom. The highest BCUT2D eigenvalue weighted by Gasteiger charge is 2.15. The lowest BCUT2D eigenvalue weighted by Gasteiger charge is -2.08. The fourth-order valence-electron chi connectivity index (χ4n) is 1.68. The highest BCUT2D eigenvalue weighted by Crippen LogP contribution is 2.37. The zero-order chi connectivity index (χ0) is 14.0. The van der Waals surface area contributed by atoms with Gasteiger partial charge in [0.1, 0.15) is 0 Å². The van der Waals surface area contributed by atoms with Crippen LogP contribution in [0, 0.1) is 11.3 Å². The predicted molar refractivity (Wildman–Crippen MR) is 76.8 cm³/mol. The standard InChI is InChI=1S/C13H7Cl3N2O/c14-9-1-2-10(15)12(16)11(9)8-5-7(3-4-17)6-18-13(8)19/h1-2,5-6H,3H2,(H,18,19). The van der Waals surface area contributed by atoms with E-state index in [0.717, 1.165) is 0 Å². The van der Waals surface area contributed by atoms with Gasteiger partial charge in [-0.15, -0.1) is 0 Å². The molecule has 3 nitrogen and oxygen atoms in total. The van der Waals surface area contributed by atoms with Crippen molar-refractivity contribution in [2.24, 2.45) is 0 Å². The zero-order valence-corrected chi connectivity index (χ0v) is 11.8. The van der Waals surface area contributed by atoms with Crippen LogP contribution in [0.15, 0.2) is 29.2 Å². The number of hydrogen-bond acceptors (Lipinski definition) is 2. The average molecular weight is 314 g/mol. The SMILES string of the molecule is N#CCc1c[nH]c(=O)c(-c2c(Cl)ccc(Cl)c2Cl)c1. The summed E-state index contributed by atoms with van der Waals surface area (Å²) in [4.78, 5) is 14.5. The molecule has 1 aromatic heterocycles. The molecule has 2 rings (SSSR count). The fourth-order valence-corrected chi connectivity index (χ4v) is 2.41.